The lowest BCUT2D eigenvalue weighted by molar-refractivity contribution is -0.141. The summed E-state index contributed by atoms with van der Waals surface area (Å²) in [7, 11) is 4.80. The van der Waals surface area contributed by atoms with Crippen LogP contribution >= 0.6 is 0 Å². The van der Waals surface area contributed by atoms with E-state index >= 15 is 0 Å². The van der Waals surface area contributed by atoms with Gasteiger partial charge in [-0.25, -0.2) is 0 Å². The van der Waals surface area contributed by atoms with Crippen LogP contribution in [0.3, 0.4) is 0 Å². The number of hydrogen-bond donors (Lipinski definition) is 2. The van der Waals surface area contributed by atoms with Crippen LogP contribution in [0.2, 0.25) is 0 Å². The number of aryl methyl sites for hydroxylation is 1. The number of nitrogens with one attached hydrogen (secondary N) is 2. The molecule has 0 saturated heterocycles. The molecule has 0 aliphatic heterocycles. The summed E-state index contributed by atoms with van der Waals surface area (Å²) in [6.07, 6.45) is 3.54. The van der Waals surface area contributed by atoms with Crippen LogP contribution in [0.25, 0.3) is 0 Å². The number of aromatic nitrogens is 2. The maximum atomic E-state index is 12.1. The van der Waals surface area contributed by atoms with Crippen molar-refractivity contribution >= 4 is 11.9 Å². The summed E-state index contributed by atoms with van der Waals surface area (Å²) in [5.74, 6) is -0.554. The van der Waals surface area contributed by atoms with E-state index in [4.69, 9.17) is 0 Å². The summed E-state index contributed by atoms with van der Waals surface area (Å²) in [6.45, 7) is 1.75. The van der Waals surface area contributed by atoms with Crippen molar-refractivity contribution in [3.8, 4) is 0 Å². The predicted octanol–water partition coefficient (Wildman–Crippen LogP) is -0.252. The molecule has 1 aromatic rings. The van der Waals surface area contributed by atoms with Crippen molar-refractivity contribution in [1.82, 2.24) is 20.4 Å². The molecule has 0 aromatic carbocycles. The van der Waals surface area contributed by atoms with Crippen LogP contribution in [-0.2, 0) is 21.4 Å². The van der Waals surface area contributed by atoms with E-state index in [0.717, 1.165) is 5.56 Å². The fourth-order valence-electron chi connectivity index (χ4n) is 1.75. The molecule has 2 unspecified atom stereocenters. The van der Waals surface area contributed by atoms with E-state index in [1.165, 1.54) is 7.11 Å². The summed E-state index contributed by atoms with van der Waals surface area (Å²) >= 11 is 0. The van der Waals surface area contributed by atoms with Crippen LogP contribution in [0.5, 0.6) is 0 Å². The van der Waals surface area contributed by atoms with Gasteiger partial charge in [-0.2, -0.15) is 5.10 Å². The molecular formula is C12H20N4O3. The number of ether oxygens (including phenoxy) is 1. The van der Waals surface area contributed by atoms with Crippen LogP contribution in [0.15, 0.2) is 12.4 Å². The second-order valence-corrected chi connectivity index (χ2v) is 4.36. The molecule has 0 saturated carbocycles. The Hall–Kier alpha value is -1.89. The Morgan fingerprint density at radius 3 is 2.68 bits per heavy atom. The first kappa shape index (κ1) is 15.2. The molecular weight excluding hydrogens is 248 g/mol. The largest absolute Gasteiger partial charge is 0.469 e. The summed E-state index contributed by atoms with van der Waals surface area (Å²) in [6, 6.07) is -0.777. The van der Waals surface area contributed by atoms with Crippen molar-refractivity contribution in [3.63, 3.8) is 0 Å². The van der Waals surface area contributed by atoms with Crippen molar-refractivity contribution in [3.05, 3.63) is 18.0 Å². The van der Waals surface area contributed by atoms with Gasteiger partial charge in [0.25, 0.3) is 0 Å². The minimum Gasteiger partial charge on any atom is -0.469 e. The molecule has 1 amide bonds. The number of rotatable bonds is 6. The van der Waals surface area contributed by atoms with Crippen molar-refractivity contribution in [1.29, 1.82) is 0 Å². The average molecular weight is 268 g/mol. The Morgan fingerprint density at radius 1 is 1.53 bits per heavy atom. The van der Waals surface area contributed by atoms with Gasteiger partial charge >= 0.3 is 5.97 Å². The lowest BCUT2D eigenvalue weighted by Gasteiger charge is -2.18. The third-order valence-electron chi connectivity index (χ3n) is 2.70. The minimum atomic E-state index is -0.492. The highest BCUT2D eigenvalue weighted by atomic mass is 16.5. The molecule has 19 heavy (non-hydrogen) atoms. The number of carbonyl (C=O) groups excluding carboxylic acids is 2. The highest BCUT2D eigenvalue weighted by Gasteiger charge is 2.22. The molecule has 1 heterocycles. The number of amides is 1. The van der Waals surface area contributed by atoms with Gasteiger partial charge in [-0.05, 0) is 14.0 Å². The standard InChI is InChI=1S/C12H20N4O3/c1-8(5-10(17)19-4)15-12(18)11(13-2)9-6-14-16(3)7-9/h6-8,11,13H,5H2,1-4H3,(H,15,18). The number of esters is 1. The number of methoxy groups -OCH3 is 1. The van der Waals surface area contributed by atoms with E-state index in [2.05, 4.69) is 20.5 Å². The molecule has 0 spiro atoms. The normalized spacial score (nSPS) is 13.7. The molecule has 7 nitrogen and oxygen atoms in total. The molecule has 1 rings (SSSR count). The molecule has 0 aliphatic rings. The molecule has 0 bridgehead atoms. The molecule has 0 fully saturated rings. The molecule has 1 aromatic heterocycles. The zero-order valence-electron chi connectivity index (χ0n) is 11.6. The average Bonchev–Trinajstić information content (AvgIpc) is 2.76. The molecule has 2 atom stereocenters. The van der Waals surface area contributed by atoms with E-state index in [1.807, 2.05) is 0 Å². The summed E-state index contributed by atoms with van der Waals surface area (Å²) in [4.78, 5) is 23.2. The van der Waals surface area contributed by atoms with Crippen LogP contribution in [-0.4, -0.2) is 41.9 Å². The van der Waals surface area contributed by atoms with E-state index < -0.39 is 6.04 Å². The smallest absolute Gasteiger partial charge is 0.307 e. The third-order valence-corrected chi connectivity index (χ3v) is 2.70. The highest BCUT2D eigenvalue weighted by molar-refractivity contribution is 5.83. The summed E-state index contributed by atoms with van der Waals surface area (Å²) in [5, 5.41) is 9.72. The van der Waals surface area contributed by atoms with Gasteiger partial charge in [0.05, 0.1) is 19.7 Å². The summed E-state index contributed by atoms with van der Waals surface area (Å²) < 4.78 is 6.19. The third kappa shape index (κ3) is 4.36. The fraction of sp³-hybridized carbons (Fsp3) is 0.583. The van der Waals surface area contributed by atoms with Gasteiger partial charge in [-0.15, -0.1) is 0 Å². The monoisotopic (exact) mass is 268 g/mol. The Labute approximate surface area is 112 Å². The highest BCUT2D eigenvalue weighted by Crippen LogP contribution is 2.11. The van der Waals surface area contributed by atoms with E-state index in [9.17, 15) is 9.59 Å². The number of hydrogen-bond acceptors (Lipinski definition) is 5. The molecule has 106 valence electrons. The SMILES string of the molecule is CNC(C(=O)NC(C)CC(=O)OC)c1cnn(C)c1. The number of nitrogens with zero attached hydrogens (tertiary/aromatic N) is 2. The Balaban J connectivity index is 2.62. The van der Waals surface area contributed by atoms with Gasteiger partial charge in [0.1, 0.15) is 6.04 Å². The van der Waals surface area contributed by atoms with E-state index in [0.29, 0.717) is 0 Å². The minimum absolute atomic E-state index is 0.145. The zero-order chi connectivity index (χ0) is 14.4. The van der Waals surface area contributed by atoms with Crippen LogP contribution in [0.4, 0.5) is 0 Å². The van der Waals surface area contributed by atoms with Gasteiger partial charge in [-0.3, -0.25) is 14.3 Å². The first-order valence-corrected chi connectivity index (χ1v) is 6.01. The predicted molar refractivity (Wildman–Crippen MR) is 69.2 cm³/mol. The van der Waals surface area contributed by atoms with Gasteiger partial charge in [0, 0.05) is 24.8 Å². The first-order valence-electron chi connectivity index (χ1n) is 6.01. The van der Waals surface area contributed by atoms with Crippen molar-refractivity contribution in [2.24, 2.45) is 7.05 Å². The maximum absolute atomic E-state index is 12.1. The van der Waals surface area contributed by atoms with E-state index in [-0.39, 0.29) is 24.3 Å². The van der Waals surface area contributed by atoms with Crippen molar-refractivity contribution < 1.29 is 14.3 Å². The second kappa shape index (κ2) is 6.89. The Morgan fingerprint density at radius 2 is 2.21 bits per heavy atom. The van der Waals surface area contributed by atoms with Gasteiger partial charge < -0.3 is 15.4 Å². The molecule has 2 N–H and O–H groups in total. The van der Waals surface area contributed by atoms with Crippen LogP contribution < -0.4 is 10.6 Å². The van der Waals surface area contributed by atoms with Crippen molar-refractivity contribution in [2.75, 3.05) is 14.2 Å². The molecule has 0 radical (unpaired) electrons. The molecule has 7 heteroatoms. The first-order chi connectivity index (χ1) is 8.97. The summed E-state index contributed by atoms with van der Waals surface area (Å²) in [5.41, 5.74) is 0.771. The number of likely N-dealkylation sites (N-methyl/N-ethyl adjacent to an activating group) is 1. The van der Waals surface area contributed by atoms with Gasteiger partial charge in [-0.1, -0.05) is 0 Å². The lowest BCUT2D eigenvalue weighted by Crippen LogP contribution is -2.41. The van der Waals surface area contributed by atoms with Crippen molar-refractivity contribution in [2.45, 2.75) is 25.4 Å². The maximum Gasteiger partial charge on any atom is 0.307 e. The van der Waals surface area contributed by atoms with Gasteiger partial charge in [0.15, 0.2) is 0 Å². The topological polar surface area (TPSA) is 85.2 Å². The number of carbonyl (C=O) groups is 2. The fourth-order valence-corrected chi connectivity index (χ4v) is 1.75. The Kier molecular flexibility index (Phi) is 5.50. The van der Waals surface area contributed by atoms with Crippen LogP contribution in [0.1, 0.15) is 24.9 Å². The molecule has 0 aliphatic carbocycles. The van der Waals surface area contributed by atoms with E-state index in [1.54, 1.807) is 38.1 Å². The Bertz CT molecular complexity index is 444. The second-order valence-electron chi connectivity index (χ2n) is 4.36. The zero-order valence-corrected chi connectivity index (χ0v) is 11.6. The lowest BCUT2D eigenvalue weighted by atomic mass is 10.1. The quantitative estimate of drug-likeness (QED) is 0.695. The van der Waals surface area contributed by atoms with Gasteiger partial charge in [0.2, 0.25) is 5.91 Å². The van der Waals surface area contributed by atoms with Crippen LogP contribution in [0, 0.1) is 0 Å².